The van der Waals surface area contributed by atoms with Crippen molar-refractivity contribution in [1.29, 1.82) is 0 Å². The van der Waals surface area contributed by atoms with Gasteiger partial charge >= 0.3 is 0 Å². The topological polar surface area (TPSA) is 20.2 Å². The minimum atomic E-state index is -0.192. The highest BCUT2D eigenvalue weighted by atomic mass is 19.1. The summed E-state index contributed by atoms with van der Waals surface area (Å²) in [5.74, 6) is -0.192. The van der Waals surface area contributed by atoms with Crippen LogP contribution in [-0.2, 0) is 6.42 Å². The van der Waals surface area contributed by atoms with Crippen molar-refractivity contribution >= 4 is 0 Å². The molecule has 0 heterocycles. The van der Waals surface area contributed by atoms with Crippen molar-refractivity contribution in [1.82, 2.24) is 0 Å². The van der Waals surface area contributed by atoms with E-state index in [1.165, 1.54) is 12.1 Å². The molecule has 1 N–H and O–H groups in total. The maximum Gasteiger partial charge on any atom is 0.123 e. The predicted octanol–water partition coefficient (Wildman–Crippen LogP) is 2.06. The summed E-state index contributed by atoms with van der Waals surface area (Å²) in [6.45, 7) is 2.03. The summed E-state index contributed by atoms with van der Waals surface area (Å²) in [7, 11) is 0. The molecule has 0 fully saturated rings. The van der Waals surface area contributed by atoms with Gasteiger partial charge in [0.2, 0.25) is 0 Å². The van der Waals surface area contributed by atoms with Gasteiger partial charge in [-0.1, -0.05) is 6.07 Å². The lowest BCUT2D eigenvalue weighted by atomic mass is 10.1. The molecule has 2 heteroatoms. The Balaban J connectivity index is 2.72. The van der Waals surface area contributed by atoms with Gasteiger partial charge in [0.05, 0.1) is 0 Å². The van der Waals surface area contributed by atoms with E-state index in [2.05, 4.69) is 0 Å². The van der Waals surface area contributed by atoms with E-state index in [4.69, 9.17) is 5.11 Å². The molecular formula is C10H13FO. The molecule has 0 radical (unpaired) electrons. The highest BCUT2D eigenvalue weighted by molar-refractivity contribution is 5.23. The van der Waals surface area contributed by atoms with Crippen LogP contribution < -0.4 is 0 Å². The van der Waals surface area contributed by atoms with Crippen LogP contribution in [0, 0.1) is 12.7 Å². The highest BCUT2D eigenvalue weighted by Crippen LogP contribution is 2.09. The van der Waals surface area contributed by atoms with Gasteiger partial charge < -0.3 is 5.11 Å². The normalized spacial score (nSPS) is 10.2. The lowest BCUT2D eigenvalue weighted by Gasteiger charge is -2.01. The first-order valence-corrected chi connectivity index (χ1v) is 4.09. The Labute approximate surface area is 71.9 Å². The maximum absolute atomic E-state index is 12.8. The number of benzene rings is 1. The van der Waals surface area contributed by atoms with Crippen molar-refractivity contribution in [2.75, 3.05) is 6.61 Å². The number of hydrogen-bond donors (Lipinski definition) is 1. The third kappa shape index (κ3) is 2.62. The fourth-order valence-corrected chi connectivity index (χ4v) is 1.24. The van der Waals surface area contributed by atoms with E-state index < -0.39 is 0 Å². The van der Waals surface area contributed by atoms with Crippen LogP contribution in [0.1, 0.15) is 17.5 Å². The van der Waals surface area contributed by atoms with Crippen LogP contribution in [0.5, 0.6) is 0 Å². The number of halogens is 1. The van der Waals surface area contributed by atoms with E-state index >= 15 is 0 Å². The van der Waals surface area contributed by atoms with Gasteiger partial charge in [-0.05, 0) is 43.0 Å². The molecule has 66 valence electrons. The van der Waals surface area contributed by atoms with Crippen molar-refractivity contribution < 1.29 is 9.50 Å². The zero-order valence-corrected chi connectivity index (χ0v) is 7.18. The number of rotatable bonds is 3. The first kappa shape index (κ1) is 9.20. The largest absolute Gasteiger partial charge is 0.396 e. The summed E-state index contributed by atoms with van der Waals surface area (Å²) in [4.78, 5) is 0. The van der Waals surface area contributed by atoms with Gasteiger partial charge in [-0.15, -0.1) is 0 Å². The molecule has 0 aliphatic carbocycles. The Kier molecular flexibility index (Phi) is 3.23. The molecule has 1 rings (SSSR count). The van der Waals surface area contributed by atoms with Crippen LogP contribution >= 0.6 is 0 Å². The van der Waals surface area contributed by atoms with Crippen LogP contribution in [0.3, 0.4) is 0 Å². The van der Waals surface area contributed by atoms with E-state index in [0.29, 0.717) is 6.42 Å². The molecule has 0 bridgehead atoms. The standard InChI is InChI=1S/C10H13FO/c1-8-5-9(3-2-4-12)7-10(11)6-8/h5-7,12H,2-4H2,1H3. The molecule has 0 spiro atoms. The van der Waals surface area contributed by atoms with Crippen LogP contribution in [0.2, 0.25) is 0 Å². The Morgan fingerprint density at radius 2 is 2.08 bits per heavy atom. The summed E-state index contributed by atoms with van der Waals surface area (Å²) < 4.78 is 12.8. The van der Waals surface area contributed by atoms with Gasteiger partial charge in [0.15, 0.2) is 0 Å². The Morgan fingerprint density at radius 1 is 1.33 bits per heavy atom. The second kappa shape index (κ2) is 4.21. The smallest absolute Gasteiger partial charge is 0.123 e. The minimum absolute atomic E-state index is 0.162. The summed E-state index contributed by atoms with van der Waals surface area (Å²) in [6.07, 6.45) is 1.44. The van der Waals surface area contributed by atoms with E-state index in [0.717, 1.165) is 17.5 Å². The minimum Gasteiger partial charge on any atom is -0.396 e. The average molecular weight is 168 g/mol. The van der Waals surface area contributed by atoms with Crippen molar-refractivity contribution in [3.05, 3.63) is 35.1 Å². The van der Waals surface area contributed by atoms with Crippen molar-refractivity contribution in [2.45, 2.75) is 19.8 Å². The summed E-state index contributed by atoms with van der Waals surface area (Å²) in [5, 5.41) is 8.57. The Bertz CT molecular complexity index is 238. The van der Waals surface area contributed by atoms with Gasteiger partial charge in [0.1, 0.15) is 5.82 Å². The lowest BCUT2D eigenvalue weighted by Crippen LogP contribution is -1.91. The van der Waals surface area contributed by atoms with Gasteiger partial charge in [-0.25, -0.2) is 4.39 Å². The van der Waals surface area contributed by atoms with E-state index in [9.17, 15) is 4.39 Å². The molecule has 12 heavy (non-hydrogen) atoms. The molecule has 0 amide bonds. The first-order valence-electron chi connectivity index (χ1n) is 4.09. The third-order valence-corrected chi connectivity index (χ3v) is 1.73. The second-order valence-corrected chi connectivity index (χ2v) is 2.96. The fraction of sp³-hybridized carbons (Fsp3) is 0.400. The molecule has 1 aromatic carbocycles. The fourth-order valence-electron chi connectivity index (χ4n) is 1.24. The second-order valence-electron chi connectivity index (χ2n) is 2.96. The van der Waals surface area contributed by atoms with Gasteiger partial charge in [0.25, 0.3) is 0 Å². The quantitative estimate of drug-likeness (QED) is 0.732. The van der Waals surface area contributed by atoms with E-state index in [-0.39, 0.29) is 12.4 Å². The SMILES string of the molecule is Cc1cc(F)cc(CCCO)c1. The van der Waals surface area contributed by atoms with E-state index in [1.54, 1.807) is 0 Å². The number of aliphatic hydroxyl groups excluding tert-OH is 1. The van der Waals surface area contributed by atoms with Gasteiger partial charge in [-0.2, -0.15) is 0 Å². The molecule has 1 aromatic rings. The molecule has 0 aliphatic heterocycles. The molecule has 0 saturated heterocycles. The molecule has 0 atom stereocenters. The van der Waals surface area contributed by atoms with Crippen LogP contribution in [0.25, 0.3) is 0 Å². The third-order valence-electron chi connectivity index (χ3n) is 1.73. The van der Waals surface area contributed by atoms with Crippen molar-refractivity contribution in [3.8, 4) is 0 Å². The highest BCUT2D eigenvalue weighted by Gasteiger charge is 1.97. The Hall–Kier alpha value is -0.890. The van der Waals surface area contributed by atoms with Crippen LogP contribution in [0.4, 0.5) is 4.39 Å². The van der Waals surface area contributed by atoms with Crippen LogP contribution in [-0.4, -0.2) is 11.7 Å². The van der Waals surface area contributed by atoms with Crippen LogP contribution in [0.15, 0.2) is 18.2 Å². The molecule has 0 aromatic heterocycles. The Morgan fingerprint density at radius 3 is 2.67 bits per heavy atom. The maximum atomic E-state index is 12.8. The molecule has 1 nitrogen and oxygen atoms in total. The number of aliphatic hydroxyl groups is 1. The zero-order valence-electron chi connectivity index (χ0n) is 7.18. The summed E-state index contributed by atoms with van der Waals surface area (Å²) in [6, 6.07) is 4.96. The molecule has 0 unspecified atom stereocenters. The van der Waals surface area contributed by atoms with Crippen molar-refractivity contribution in [3.63, 3.8) is 0 Å². The predicted molar refractivity (Wildman–Crippen MR) is 46.5 cm³/mol. The van der Waals surface area contributed by atoms with E-state index in [1.807, 2.05) is 13.0 Å². The monoisotopic (exact) mass is 168 g/mol. The first-order chi connectivity index (χ1) is 5.72. The van der Waals surface area contributed by atoms with Gasteiger partial charge in [0, 0.05) is 6.61 Å². The number of aryl methyl sites for hydroxylation is 2. The number of hydrogen-bond acceptors (Lipinski definition) is 1. The molecular weight excluding hydrogens is 155 g/mol. The molecule has 0 aliphatic rings. The zero-order chi connectivity index (χ0) is 8.97. The molecule has 0 saturated carbocycles. The lowest BCUT2D eigenvalue weighted by molar-refractivity contribution is 0.288. The average Bonchev–Trinajstić information content (AvgIpc) is 1.99. The van der Waals surface area contributed by atoms with Crippen molar-refractivity contribution in [2.24, 2.45) is 0 Å². The summed E-state index contributed by atoms with van der Waals surface area (Å²) in [5.41, 5.74) is 1.89. The van der Waals surface area contributed by atoms with Gasteiger partial charge in [-0.3, -0.25) is 0 Å². The summed E-state index contributed by atoms with van der Waals surface area (Å²) >= 11 is 0.